The number of hydrogen-bond acceptors (Lipinski definition) is 5. The number of thioether (sulfide) groups is 1. The molecule has 150 valence electrons. The van der Waals surface area contributed by atoms with E-state index in [4.69, 9.17) is 0 Å². The highest BCUT2D eigenvalue weighted by molar-refractivity contribution is 7.99. The lowest BCUT2D eigenvalue weighted by atomic mass is 10.2. The molecule has 0 atom stereocenters. The Hall–Kier alpha value is -3.13. The van der Waals surface area contributed by atoms with Crippen LogP contribution in [-0.2, 0) is 9.59 Å². The zero-order chi connectivity index (χ0) is 21.0. The molecule has 0 aliphatic heterocycles. The minimum Gasteiger partial charge on any atom is -0.347 e. The highest BCUT2D eigenvalue weighted by atomic mass is 32.2. The predicted octanol–water partition coefficient (Wildman–Crippen LogP) is 1.99. The van der Waals surface area contributed by atoms with Crippen molar-refractivity contribution >= 4 is 34.5 Å². The molecular formula is C21H22N4O3S. The molecule has 7 nitrogen and oxygen atoms in total. The van der Waals surface area contributed by atoms with Crippen LogP contribution in [0.3, 0.4) is 0 Å². The van der Waals surface area contributed by atoms with Crippen LogP contribution < -0.4 is 10.9 Å². The van der Waals surface area contributed by atoms with E-state index >= 15 is 0 Å². The molecule has 0 aliphatic carbocycles. The van der Waals surface area contributed by atoms with Crippen LogP contribution >= 0.6 is 11.8 Å². The van der Waals surface area contributed by atoms with Gasteiger partial charge in [0.05, 0.1) is 28.9 Å². The summed E-state index contributed by atoms with van der Waals surface area (Å²) in [6.45, 7) is 1.91. The first kappa shape index (κ1) is 20.6. The van der Waals surface area contributed by atoms with Crippen molar-refractivity contribution in [2.75, 3.05) is 26.4 Å². The molecule has 29 heavy (non-hydrogen) atoms. The van der Waals surface area contributed by atoms with E-state index in [1.165, 1.54) is 9.47 Å². The first-order valence-corrected chi connectivity index (χ1v) is 10.0. The second-order valence-electron chi connectivity index (χ2n) is 6.74. The lowest BCUT2D eigenvalue weighted by Crippen LogP contribution is -2.37. The summed E-state index contributed by atoms with van der Waals surface area (Å²) in [4.78, 5) is 42.9. The van der Waals surface area contributed by atoms with Gasteiger partial charge in [-0.05, 0) is 31.2 Å². The summed E-state index contributed by atoms with van der Waals surface area (Å²) in [6, 6.07) is 14.7. The first-order chi connectivity index (χ1) is 13.9. The van der Waals surface area contributed by atoms with Crippen LogP contribution in [0.4, 0.5) is 0 Å². The van der Waals surface area contributed by atoms with Crippen LogP contribution in [0.5, 0.6) is 0 Å². The van der Waals surface area contributed by atoms with Crippen LogP contribution in [0, 0.1) is 6.92 Å². The van der Waals surface area contributed by atoms with E-state index in [-0.39, 0.29) is 29.7 Å². The molecule has 2 amide bonds. The second-order valence-corrected chi connectivity index (χ2v) is 7.68. The quantitative estimate of drug-likeness (QED) is 0.496. The molecule has 8 heteroatoms. The Bertz CT molecular complexity index is 1110. The molecule has 0 spiro atoms. The lowest BCUT2D eigenvalue weighted by molar-refractivity contribution is -0.130. The van der Waals surface area contributed by atoms with E-state index in [0.29, 0.717) is 21.7 Å². The number of rotatable bonds is 6. The Labute approximate surface area is 172 Å². The maximum Gasteiger partial charge on any atom is 0.266 e. The minimum atomic E-state index is -0.303. The van der Waals surface area contributed by atoms with E-state index in [1.54, 1.807) is 32.3 Å². The number of nitrogens with one attached hydrogen (secondary N) is 1. The number of hydrogen-bond donors (Lipinski definition) is 1. The summed E-state index contributed by atoms with van der Waals surface area (Å²) in [7, 11) is 3.25. The number of carbonyl (C=O) groups excluding carboxylic acids is 2. The van der Waals surface area contributed by atoms with Gasteiger partial charge in [-0.15, -0.1) is 0 Å². The largest absolute Gasteiger partial charge is 0.347 e. The topological polar surface area (TPSA) is 84.3 Å². The molecule has 1 N–H and O–H groups in total. The van der Waals surface area contributed by atoms with Gasteiger partial charge in [-0.2, -0.15) is 0 Å². The SMILES string of the molecule is Cc1ccc(-n2c(SCC(=O)NCC(=O)N(C)C)nc3ccccc3c2=O)cc1. The van der Waals surface area contributed by atoms with Crippen LogP contribution in [0.2, 0.25) is 0 Å². The minimum absolute atomic E-state index is 0.0390. The maximum absolute atomic E-state index is 13.1. The molecule has 0 saturated heterocycles. The van der Waals surface area contributed by atoms with Crippen molar-refractivity contribution < 1.29 is 9.59 Å². The smallest absolute Gasteiger partial charge is 0.266 e. The fourth-order valence-electron chi connectivity index (χ4n) is 2.64. The summed E-state index contributed by atoms with van der Waals surface area (Å²) in [6.07, 6.45) is 0. The van der Waals surface area contributed by atoms with E-state index in [0.717, 1.165) is 17.3 Å². The van der Waals surface area contributed by atoms with E-state index in [1.807, 2.05) is 37.3 Å². The maximum atomic E-state index is 13.1. The molecule has 0 radical (unpaired) electrons. The van der Waals surface area contributed by atoms with Gasteiger partial charge in [0.15, 0.2) is 5.16 Å². The van der Waals surface area contributed by atoms with E-state index in [2.05, 4.69) is 10.3 Å². The number of nitrogens with zero attached hydrogens (tertiary/aromatic N) is 3. The molecule has 2 aromatic carbocycles. The Kier molecular flexibility index (Phi) is 6.33. The summed E-state index contributed by atoms with van der Waals surface area (Å²) >= 11 is 1.16. The van der Waals surface area contributed by atoms with Gasteiger partial charge in [0.25, 0.3) is 5.56 Å². The third-order valence-electron chi connectivity index (χ3n) is 4.31. The highest BCUT2D eigenvalue weighted by Crippen LogP contribution is 2.21. The number of aromatic nitrogens is 2. The molecule has 0 bridgehead atoms. The Balaban J connectivity index is 1.91. The normalized spacial score (nSPS) is 10.7. The average molecular weight is 410 g/mol. The zero-order valence-electron chi connectivity index (χ0n) is 16.5. The van der Waals surface area contributed by atoms with Gasteiger partial charge in [-0.3, -0.25) is 19.0 Å². The van der Waals surface area contributed by atoms with Crippen molar-refractivity contribution in [3.05, 3.63) is 64.4 Å². The van der Waals surface area contributed by atoms with Gasteiger partial charge in [0, 0.05) is 14.1 Å². The van der Waals surface area contributed by atoms with Crippen molar-refractivity contribution in [2.45, 2.75) is 12.1 Å². The summed E-state index contributed by atoms with van der Waals surface area (Å²) in [5.41, 5.74) is 2.15. The molecule has 3 aromatic rings. The Morgan fingerprint density at radius 1 is 1.10 bits per heavy atom. The van der Waals surface area contributed by atoms with Crippen molar-refractivity contribution in [3.63, 3.8) is 0 Å². The monoisotopic (exact) mass is 410 g/mol. The lowest BCUT2D eigenvalue weighted by Gasteiger charge is -2.14. The summed E-state index contributed by atoms with van der Waals surface area (Å²) < 4.78 is 1.52. The third-order valence-corrected chi connectivity index (χ3v) is 5.24. The Morgan fingerprint density at radius 2 is 1.79 bits per heavy atom. The third kappa shape index (κ3) is 4.83. The fourth-order valence-corrected chi connectivity index (χ4v) is 3.49. The van der Waals surface area contributed by atoms with Crippen LogP contribution in [0.15, 0.2) is 58.5 Å². The van der Waals surface area contributed by atoms with Gasteiger partial charge in [-0.1, -0.05) is 41.6 Å². The molecular weight excluding hydrogens is 388 g/mol. The van der Waals surface area contributed by atoms with Gasteiger partial charge in [-0.25, -0.2) is 4.98 Å². The fraction of sp³-hybridized carbons (Fsp3) is 0.238. The standard InChI is InChI=1S/C21H22N4O3S/c1-14-8-10-15(11-9-14)25-20(28)16-6-4-5-7-17(16)23-21(25)29-13-18(26)22-12-19(27)24(2)3/h4-11H,12-13H2,1-3H3,(H,22,26). The molecule has 1 heterocycles. The number of likely N-dealkylation sites (N-methyl/N-ethyl adjacent to an activating group) is 1. The van der Waals surface area contributed by atoms with E-state index in [9.17, 15) is 14.4 Å². The zero-order valence-corrected chi connectivity index (χ0v) is 17.3. The molecule has 0 fully saturated rings. The van der Waals surface area contributed by atoms with Crippen molar-refractivity contribution in [1.82, 2.24) is 19.8 Å². The van der Waals surface area contributed by atoms with Gasteiger partial charge >= 0.3 is 0 Å². The number of carbonyl (C=O) groups is 2. The molecule has 0 unspecified atom stereocenters. The van der Waals surface area contributed by atoms with E-state index < -0.39 is 0 Å². The Morgan fingerprint density at radius 3 is 2.48 bits per heavy atom. The molecule has 3 rings (SSSR count). The van der Waals surface area contributed by atoms with Gasteiger partial charge in [0.2, 0.25) is 11.8 Å². The van der Waals surface area contributed by atoms with Gasteiger partial charge < -0.3 is 10.2 Å². The molecule has 0 saturated carbocycles. The summed E-state index contributed by atoms with van der Waals surface area (Å²) in [5, 5.41) is 3.52. The van der Waals surface area contributed by atoms with Gasteiger partial charge in [0.1, 0.15) is 0 Å². The number of fused-ring (bicyclic) bond motifs is 1. The second kappa shape index (κ2) is 8.91. The summed E-state index contributed by atoms with van der Waals surface area (Å²) in [5.74, 6) is -0.455. The predicted molar refractivity (Wildman–Crippen MR) is 115 cm³/mol. The van der Waals surface area contributed by atoms with Crippen LogP contribution in [-0.4, -0.2) is 52.7 Å². The first-order valence-electron chi connectivity index (χ1n) is 9.05. The average Bonchev–Trinajstić information content (AvgIpc) is 2.71. The van der Waals surface area contributed by atoms with Crippen LogP contribution in [0.1, 0.15) is 5.56 Å². The molecule has 1 aromatic heterocycles. The number of benzene rings is 2. The van der Waals surface area contributed by atoms with Crippen molar-refractivity contribution in [3.8, 4) is 5.69 Å². The number of aryl methyl sites for hydroxylation is 1. The molecule has 0 aliphatic rings. The number of amides is 2. The highest BCUT2D eigenvalue weighted by Gasteiger charge is 2.15. The van der Waals surface area contributed by atoms with Crippen LogP contribution in [0.25, 0.3) is 16.6 Å². The van der Waals surface area contributed by atoms with Crippen molar-refractivity contribution in [1.29, 1.82) is 0 Å². The van der Waals surface area contributed by atoms with Crippen molar-refractivity contribution in [2.24, 2.45) is 0 Å². The number of para-hydroxylation sites is 1.